The Morgan fingerprint density at radius 2 is 0.800 bits per heavy atom. The van der Waals surface area contributed by atoms with Gasteiger partial charge in [-0.05, 0) is 66.4 Å². The molecule has 0 aliphatic heterocycles. The summed E-state index contributed by atoms with van der Waals surface area (Å²) in [5.41, 5.74) is 9.96. The second kappa shape index (κ2) is 11.2. The van der Waals surface area contributed by atoms with Gasteiger partial charge in [-0.3, -0.25) is 0 Å². The molecule has 0 bridgehead atoms. The van der Waals surface area contributed by atoms with Gasteiger partial charge < -0.3 is 0 Å². The maximum Gasteiger partial charge on any atom is 0.164 e. The summed E-state index contributed by atoms with van der Waals surface area (Å²) in [4.78, 5) is 14.8. The number of nitrogens with zero attached hydrogens (tertiary/aromatic N) is 3. The molecule has 0 saturated carbocycles. The number of rotatable bonds is 5. The topological polar surface area (TPSA) is 38.7 Å². The molecule has 0 N–H and O–H groups in total. The first-order chi connectivity index (χ1) is 22.1. The molecule has 214 valence electrons. The molecule has 0 fully saturated rings. The summed E-state index contributed by atoms with van der Waals surface area (Å²) in [6.45, 7) is 4.17. The van der Waals surface area contributed by atoms with Crippen molar-refractivity contribution in [3.63, 3.8) is 0 Å². The van der Waals surface area contributed by atoms with E-state index in [0.29, 0.717) is 17.5 Å². The summed E-state index contributed by atoms with van der Waals surface area (Å²) in [7, 11) is 0. The van der Waals surface area contributed by atoms with E-state index < -0.39 is 0 Å². The molecule has 2 heterocycles. The Hall–Kier alpha value is -5.45. The molecule has 0 spiro atoms. The number of benzene rings is 6. The summed E-state index contributed by atoms with van der Waals surface area (Å²) in [6, 6.07) is 49.4. The van der Waals surface area contributed by atoms with Crippen LogP contribution in [0.2, 0.25) is 0 Å². The monoisotopic (exact) mass is 595 g/mol. The molecule has 0 unspecified atom stereocenters. The van der Waals surface area contributed by atoms with Crippen molar-refractivity contribution in [2.45, 2.75) is 13.8 Å². The van der Waals surface area contributed by atoms with E-state index in [1.54, 1.807) is 0 Å². The van der Waals surface area contributed by atoms with Gasteiger partial charge in [-0.1, -0.05) is 120 Å². The Morgan fingerprint density at radius 1 is 0.356 bits per heavy atom. The zero-order valence-electron chi connectivity index (χ0n) is 25.0. The SMILES string of the molecule is Cc1ccc(-c2nc(-c3ccc(C)cc3)nc(-c3cccc(-c4cccc(-c5ccc6sc7ccccc7c6c5)c4)c3)n2)cc1. The molecule has 3 nitrogen and oxygen atoms in total. The fourth-order valence-corrected chi connectivity index (χ4v) is 6.88. The van der Waals surface area contributed by atoms with E-state index in [-0.39, 0.29) is 0 Å². The molecule has 8 aromatic rings. The van der Waals surface area contributed by atoms with Crippen molar-refractivity contribution in [3.05, 3.63) is 151 Å². The molecule has 0 amide bonds. The number of fused-ring (bicyclic) bond motifs is 3. The van der Waals surface area contributed by atoms with Gasteiger partial charge in [0.1, 0.15) is 0 Å². The average Bonchev–Trinajstić information content (AvgIpc) is 3.47. The van der Waals surface area contributed by atoms with Crippen LogP contribution in [0.25, 0.3) is 76.6 Å². The van der Waals surface area contributed by atoms with Crippen LogP contribution in [0, 0.1) is 13.8 Å². The molecule has 0 atom stereocenters. The Kier molecular flexibility index (Phi) is 6.77. The van der Waals surface area contributed by atoms with Crippen LogP contribution < -0.4 is 0 Å². The van der Waals surface area contributed by atoms with Crippen molar-refractivity contribution in [2.75, 3.05) is 0 Å². The Morgan fingerprint density at radius 3 is 1.40 bits per heavy atom. The van der Waals surface area contributed by atoms with Crippen LogP contribution in [-0.2, 0) is 0 Å². The molecular formula is C41H29N3S. The van der Waals surface area contributed by atoms with Crippen molar-refractivity contribution >= 4 is 31.5 Å². The smallest absolute Gasteiger partial charge is 0.164 e. The quantitative estimate of drug-likeness (QED) is 0.199. The number of aromatic nitrogens is 3. The number of hydrogen-bond acceptors (Lipinski definition) is 4. The van der Waals surface area contributed by atoms with Crippen molar-refractivity contribution in [2.24, 2.45) is 0 Å². The Labute approximate surface area is 266 Å². The molecule has 0 aliphatic rings. The predicted octanol–water partition coefficient (Wildman–Crippen LogP) is 11.2. The third-order valence-corrected chi connectivity index (χ3v) is 9.43. The lowest BCUT2D eigenvalue weighted by molar-refractivity contribution is 1.07. The van der Waals surface area contributed by atoms with Crippen LogP contribution in [-0.4, -0.2) is 15.0 Å². The van der Waals surface area contributed by atoms with E-state index in [0.717, 1.165) is 27.8 Å². The molecule has 2 aromatic heterocycles. The summed E-state index contributed by atoms with van der Waals surface area (Å²) in [5, 5.41) is 2.62. The van der Waals surface area contributed by atoms with Gasteiger partial charge >= 0.3 is 0 Å². The number of hydrogen-bond donors (Lipinski definition) is 0. The van der Waals surface area contributed by atoms with E-state index in [1.165, 1.54) is 42.4 Å². The summed E-state index contributed by atoms with van der Waals surface area (Å²) < 4.78 is 2.64. The molecule has 45 heavy (non-hydrogen) atoms. The minimum Gasteiger partial charge on any atom is -0.208 e. The van der Waals surface area contributed by atoms with Crippen LogP contribution in [0.15, 0.2) is 140 Å². The van der Waals surface area contributed by atoms with E-state index in [1.807, 2.05) is 11.3 Å². The van der Waals surface area contributed by atoms with Crippen LogP contribution in [0.5, 0.6) is 0 Å². The Balaban J connectivity index is 1.20. The third-order valence-electron chi connectivity index (χ3n) is 8.28. The molecule has 0 aliphatic carbocycles. The maximum absolute atomic E-state index is 4.97. The first kappa shape index (κ1) is 27.1. The van der Waals surface area contributed by atoms with E-state index in [4.69, 9.17) is 15.0 Å². The van der Waals surface area contributed by atoms with Crippen LogP contribution in [0.3, 0.4) is 0 Å². The van der Waals surface area contributed by atoms with Gasteiger partial charge in [0.2, 0.25) is 0 Å². The van der Waals surface area contributed by atoms with E-state index in [9.17, 15) is 0 Å². The zero-order chi connectivity index (χ0) is 30.3. The minimum atomic E-state index is 0.656. The Bertz CT molecular complexity index is 2270. The highest BCUT2D eigenvalue weighted by Gasteiger charge is 2.14. The zero-order valence-corrected chi connectivity index (χ0v) is 25.8. The second-order valence-electron chi connectivity index (χ2n) is 11.5. The van der Waals surface area contributed by atoms with Crippen LogP contribution in [0.4, 0.5) is 0 Å². The third kappa shape index (κ3) is 5.30. The fraction of sp³-hybridized carbons (Fsp3) is 0.0488. The van der Waals surface area contributed by atoms with Gasteiger partial charge in [0.05, 0.1) is 0 Å². The van der Waals surface area contributed by atoms with Crippen molar-refractivity contribution < 1.29 is 0 Å². The van der Waals surface area contributed by atoms with Gasteiger partial charge in [-0.2, -0.15) is 0 Å². The van der Waals surface area contributed by atoms with E-state index in [2.05, 4.69) is 153 Å². The molecule has 6 aromatic carbocycles. The second-order valence-corrected chi connectivity index (χ2v) is 12.6. The van der Waals surface area contributed by atoms with Gasteiger partial charge in [0.15, 0.2) is 17.5 Å². The lowest BCUT2D eigenvalue weighted by Crippen LogP contribution is -2.00. The van der Waals surface area contributed by atoms with E-state index >= 15 is 0 Å². The molecule has 4 heteroatoms. The number of thiophene rings is 1. The number of aryl methyl sites for hydroxylation is 2. The van der Waals surface area contributed by atoms with Crippen LogP contribution >= 0.6 is 11.3 Å². The van der Waals surface area contributed by atoms with Crippen molar-refractivity contribution in [1.82, 2.24) is 15.0 Å². The van der Waals surface area contributed by atoms with Gasteiger partial charge in [0.25, 0.3) is 0 Å². The van der Waals surface area contributed by atoms with Crippen LogP contribution in [0.1, 0.15) is 11.1 Å². The highest BCUT2D eigenvalue weighted by molar-refractivity contribution is 7.25. The molecule has 8 rings (SSSR count). The predicted molar refractivity (Wildman–Crippen MR) is 189 cm³/mol. The fourth-order valence-electron chi connectivity index (χ4n) is 5.79. The first-order valence-electron chi connectivity index (χ1n) is 15.1. The highest BCUT2D eigenvalue weighted by Crippen LogP contribution is 2.37. The summed E-state index contributed by atoms with van der Waals surface area (Å²) >= 11 is 1.85. The molecule has 0 saturated heterocycles. The van der Waals surface area contributed by atoms with Gasteiger partial charge in [-0.15, -0.1) is 11.3 Å². The lowest BCUT2D eigenvalue weighted by Gasteiger charge is -2.11. The van der Waals surface area contributed by atoms with Crippen molar-refractivity contribution in [3.8, 4) is 56.4 Å². The molecular weight excluding hydrogens is 567 g/mol. The normalized spacial score (nSPS) is 11.3. The molecule has 0 radical (unpaired) electrons. The highest BCUT2D eigenvalue weighted by atomic mass is 32.1. The average molecular weight is 596 g/mol. The minimum absolute atomic E-state index is 0.656. The standard InChI is InChI=1S/C41H29N3S/c1-26-13-17-28(18-14-26)39-42-40(29-19-15-27(2)16-20-29)44-41(43-39)34-10-6-9-32(24-34)30-7-5-8-31(23-30)33-21-22-38-36(25-33)35-11-3-4-12-37(35)45-38/h3-25H,1-2H3. The lowest BCUT2D eigenvalue weighted by atomic mass is 9.97. The first-order valence-corrected chi connectivity index (χ1v) is 15.9. The largest absolute Gasteiger partial charge is 0.208 e. The summed E-state index contributed by atoms with van der Waals surface area (Å²) in [5.74, 6) is 1.99. The van der Waals surface area contributed by atoms with Gasteiger partial charge in [-0.25, -0.2) is 15.0 Å². The van der Waals surface area contributed by atoms with Gasteiger partial charge in [0, 0.05) is 36.9 Å². The summed E-state index contributed by atoms with van der Waals surface area (Å²) in [6.07, 6.45) is 0. The maximum atomic E-state index is 4.97. The van der Waals surface area contributed by atoms with Crippen molar-refractivity contribution in [1.29, 1.82) is 0 Å².